The quantitative estimate of drug-likeness (QED) is 0.422. The maximum Gasteiger partial charge on any atom is 0.259 e. The maximum absolute atomic E-state index is 13.5. The minimum absolute atomic E-state index is 0.106. The van der Waals surface area contributed by atoms with Crippen molar-refractivity contribution in [2.75, 3.05) is 7.11 Å². The second-order valence-electron chi connectivity index (χ2n) is 8.59. The Bertz CT molecular complexity index is 1540. The van der Waals surface area contributed by atoms with E-state index in [0.29, 0.717) is 27.2 Å². The molecule has 4 aromatic rings. The lowest BCUT2D eigenvalue weighted by atomic mass is 9.96. The zero-order chi connectivity index (χ0) is 24.0. The van der Waals surface area contributed by atoms with Crippen LogP contribution < -0.4 is 10.3 Å². The molecule has 1 atom stereocenters. The third-order valence-electron chi connectivity index (χ3n) is 6.52. The summed E-state index contributed by atoms with van der Waals surface area (Å²) in [5.74, 6) is -0.764. The summed E-state index contributed by atoms with van der Waals surface area (Å²) in [6, 6.07) is 11.4. The van der Waals surface area contributed by atoms with Gasteiger partial charge in [0.1, 0.15) is 16.4 Å². The molecule has 1 N–H and O–H groups in total. The molecule has 1 aromatic carbocycles. The van der Waals surface area contributed by atoms with Crippen LogP contribution in [0.3, 0.4) is 0 Å². The van der Waals surface area contributed by atoms with E-state index >= 15 is 0 Å². The molecule has 3 aromatic heterocycles. The second-order valence-corrected chi connectivity index (χ2v) is 9.67. The van der Waals surface area contributed by atoms with Gasteiger partial charge in [0.15, 0.2) is 11.7 Å². The third-order valence-corrected chi connectivity index (χ3v) is 7.70. The molecular weight excluding hydrogens is 448 g/mol. The molecule has 5 rings (SSSR count). The van der Waals surface area contributed by atoms with Crippen LogP contribution in [0.5, 0.6) is 5.75 Å². The number of aromatic amines is 1. The lowest BCUT2D eigenvalue weighted by molar-refractivity contribution is 0.0975. The largest absolute Gasteiger partial charge is 0.497 e. The van der Waals surface area contributed by atoms with Crippen molar-refractivity contribution in [3.8, 4) is 17.5 Å². The molecule has 0 saturated carbocycles. The van der Waals surface area contributed by atoms with Crippen LogP contribution in [0, 0.1) is 25.2 Å². The van der Waals surface area contributed by atoms with Gasteiger partial charge in [0.05, 0.1) is 18.6 Å². The van der Waals surface area contributed by atoms with Crippen LogP contribution in [0.2, 0.25) is 0 Å². The lowest BCUT2D eigenvalue weighted by Gasteiger charge is -2.12. The Morgan fingerprint density at radius 3 is 2.82 bits per heavy atom. The standard InChI is InChI=1S/C26H24N4O3S/c1-14-11-19(15(2)30(14)16-7-6-8-17(12-16)33-3)23(31)20(13-27)24-28-25(32)22-18-9-4-5-10-21(18)34-26(22)29-24/h6-8,11-12,20H,4-5,9-10H2,1-3H3,(H,28,29,32). The van der Waals surface area contributed by atoms with Crippen molar-refractivity contribution in [2.45, 2.75) is 45.4 Å². The number of nitrogens with zero attached hydrogens (tertiary/aromatic N) is 3. The van der Waals surface area contributed by atoms with E-state index in [9.17, 15) is 14.9 Å². The summed E-state index contributed by atoms with van der Waals surface area (Å²) in [6.07, 6.45) is 3.98. The monoisotopic (exact) mass is 472 g/mol. The first-order chi connectivity index (χ1) is 16.4. The first-order valence-corrected chi connectivity index (χ1v) is 12.1. The second kappa shape index (κ2) is 8.58. The summed E-state index contributed by atoms with van der Waals surface area (Å²) >= 11 is 1.51. The zero-order valence-corrected chi connectivity index (χ0v) is 20.1. The number of Topliss-reactive ketones (excluding diaryl/α,β-unsaturated/α-hetero) is 1. The predicted molar refractivity (Wildman–Crippen MR) is 131 cm³/mol. The molecule has 3 heterocycles. The molecule has 1 unspecified atom stereocenters. The summed E-state index contributed by atoms with van der Waals surface area (Å²) in [5, 5.41) is 10.6. The molecule has 0 fully saturated rings. The highest BCUT2D eigenvalue weighted by Crippen LogP contribution is 2.34. The minimum Gasteiger partial charge on any atom is -0.497 e. The summed E-state index contributed by atoms with van der Waals surface area (Å²) in [6.45, 7) is 3.76. The molecule has 34 heavy (non-hydrogen) atoms. The van der Waals surface area contributed by atoms with Gasteiger partial charge in [-0.2, -0.15) is 5.26 Å². The summed E-state index contributed by atoms with van der Waals surface area (Å²) in [7, 11) is 1.61. The number of carbonyl (C=O) groups excluding carboxylic acids is 1. The number of rotatable bonds is 5. The van der Waals surface area contributed by atoms with Crippen molar-refractivity contribution in [3.63, 3.8) is 0 Å². The summed E-state index contributed by atoms with van der Waals surface area (Å²) in [4.78, 5) is 35.6. The molecule has 1 aliphatic rings. The minimum atomic E-state index is -1.20. The van der Waals surface area contributed by atoms with Gasteiger partial charge in [-0.05, 0) is 63.3 Å². The maximum atomic E-state index is 13.5. The summed E-state index contributed by atoms with van der Waals surface area (Å²) in [5.41, 5.74) is 3.67. The number of nitrogens with one attached hydrogen (secondary N) is 1. The van der Waals surface area contributed by atoms with Gasteiger partial charge in [-0.3, -0.25) is 9.59 Å². The van der Waals surface area contributed by atoms with E-state index in [1.807, 2.05) is 42.7 Å². The van der Waals surface area contributed by atoms with Crippen molar-refractivity contribution < 1.29 is 9.53 Å². The number of carbonyl (C=O) groups is 1. The molecule has 172 valence electrons. The molecule has 0 bridgehead atoms. The van der Waals surface area contributed by atoms with Gasteiger partial charge in [-0.1, -0.05) is 6.07 Å². The normalized spacial score (nSPS) is 13.9. The van der Waals surface area contributed by atoms with Crippen LogP contribution in [0.15, 0.2) is 35.1 Å². The highest BCUT2D eigenvalue weighted by Gasteiger charge is 2.29. The zero-order valence-electron chi connectivity index (χ0n) is 19.3. The number of thiophene rings is 1. The number of ketones is 1. The topological polar surface area (TPSA) is 101 Å². The predicted octanol–water partition coefficient (Wildman–Crippen LogP) is 4.77. The number of aromatic nitrogens is 3. The average molecular weight is 473 g/mol. The molecule has 0 saturated heterocycles. The Morgan fingerprint density at radius 2 is 2.06 bits per heavy atom. The number of ether oxygens (including phenoxy) is 1. The van der Waals surface area contributed by atoms with Gasteiger partial charge in [-0.25, -0.2) is 4.98 Å². The number of hydrogen-bond acceptors (Lipinski definition) is 6. The summed E-state index contributed by atoms with van der Waals surface area (Å²) < 4.78 is 7.29. The molecule has 8 heteroatoms. The highest BCUT2D eigenvalue weighted by atomic mass is 32.1. The molecule has 7 nitrogen and oxygen atoms in total. The van der Waals surface area contributed by atoms with E-state index in [1.165, 1.54) is 16.2 Å². The van der Waals surface area contributed by atoms with Crippen LogP contribution in [0.1, 0.15) is 56.8 Å². The SMILES string of the molecule is COc1cccc(-n2c(C)cc(C(=O)C(C#N)c3nc4sc5c(c4c(=O)[nH]3)CCCC5)c2C)c1. The van der Waals surface area contributed by atoms with Gasteiger partial charge in [0.2, 0.25) is 0 Å². The van der Waals surface area contributed by atoms with E-state index < -0.39 is 5.92 Å². The van der Waals surface area contributed by atoms with E-state index in [1.54, 1.807) is 13.2 Å². The molecule has 0 amide bonds. The average Bonchev–Trinajstić information content (AvgIpc) is 3.36. The molecule has 1 aliphatic carbocycles. The van der Waals surface area contributed by atoms with Gasteiger partial charge in [-0.15, -0.1) is 11.3 Å². The van der Waals surface area contributed by atoms with Crippen molar-refractivity contribution in [3.05, 3.63) is 73.9 Å². The number of H-pyrrole nitrogens is 1. The smallest absolute Gasteiger partial charge is 0.259 e. The first kappa shape index (κ1) is 22.1. The van der Waals surface area contributed by atoms with E-state index in [0.717, 1.165) is 42.6 Å². The van der Waals surface area contributed by atoms with Crippen LogP contribution in [-0.4, -0.2) is 27.4 Å². The fourth-order valence-electron chi connectivity index (χ4n) is 4.88. The number of hydrogen-bond donors (Lipinski definition) is 1. The fraction of sp³-hybridized carbons (Fsp3) is 0.308. The van der Waals surface area contributed by atoms with E-state index in [4.69, 9.17) is 4.74 Å². The lowest BCUT2D eigenvalue weighted by Crippen LogP contribution is -2.20. The van der Waals surface area contributed by atoms with Crippen molar-refractivity contribution in [2.24, 2.45) is 0 Å². The van der Waals surface area contributed by atoms with Gasteiger partial charge >= 0.3 is 0 Å². The molecular formula is C26H24N4O3S. The number of benzene rings is 1. The number of methoxy groups -OCH3 is 1. The highest BCUT2D eigenvalue weighted by molar-refractivity contribution is 7.18. The van der Waals surface area contributed by atoms with E-state index in [-0.39, 0.29) is 17.2 Å². The Kier molecular flexibility index (Phi) is 5.58. The Balaban J connectivity index is 1.56. The molecule has 0 spiro atoms. The van der Waals surface area contributed by atoms with E-state index in [2.05, 4.69) is 16.0 Å². The van der Waals surface area contributed by atoms with Crippen LogP contribution in [0.25, 0.3) is 15.9 Å². The first-order valence-electron chi connectivity index (χ1n) is 11.2. The van der Waals surface area contributed by atoms with Gasteiger partial charge in [0, 0.05) is 33.6 Å². The van der Waals surface area contributed by atoms with Crippen molar-refractivity contribution in [1.29, 1.82) is 5.26 Å². The van der Waals surface area contributed by atoms with Gasteiger partial charge < -0.3 is 14.3 Å². The van der Waals surface area contributed by atoms with Crippen LogP contribution in [0.4, 0.5) is 0 Å². The van der Waals surface area contributed by atoms with Gasteiger partial charge in [0.25, 0.3) is 5.56 Å². The third kappa shape index (κ3) is 3.53. The molecule has 0 radical (unpaired) electrons. The van der Waals surface area contributed by atoms with Crippen molar-refractivity contribution >= 4 is 27.3 Å². The Labute approximate surface area is 200 Å². The fourth-order valence-corrected chi connectivity index (χ4v) is 6.14. The Morgan fingerprint density at radius 1 is 1.26 bits per heavy atom. The number of aryl methyl sites for hydroxylation is 3. The van der Waals surface area contributed by atoms with Crippen LogP contribution in [-0.2, 0) is 12.8 Å². The number of nitriles is 1. The number of fused-ring (bicyclic) bond motifs is 3. The molecule has 0 aliphatic heterocycles. The van der Waals surface area contributed by atoms with Crippen LogP contribution >= 0.6 is 11.3 Å². The van der Waals surface area contributed by atoms with Crippen molar-refractivity contribution in [1.82, 2.24) is 14.5 Å². The Hall–Kier alpha value is -3.70.